The standard InChI is InChI=1S/C25H33N7O7/c26-15(7-8-20(27)33)22(35)30-17(11-21(28)34)23(36)31-18(24(37)32-9-3-6-19(32)25(38)39)10-13-12-29-16-5-2-1-4-14(13)16/h1-2,4-5,12,15,17-19,29H,3,6-11,26H2,(H2,27,33)(H2,28,34)(H,30,35)(H,31,36)(H,38,39). The van der Waals surface area contributed by atoms with Gasteiger partial charge in [-0.1, -0.05) is 18.2 Å². The lowest BCUT2D eigenvalue weighted by Gasteiger charge is -2.29. The first-order valence-corrected chi connectivity index (χ1v) is 12.5. The van der Waals surface area contributed by atoms with Crippen LogP contribution in [0, 0.1) is 0 Å². The molecule has 2 heterocycles. The highest BCUT2D eigenvalue weighted by molar-refractivity contribution is 5.97. The minimum Gasteiger partial charge on any atom is -0.480 e. The van der Waals surface area contributed by atoms with Crippen LogP contribution in [-0.2, 0) is 35.2 Å². The Labute approximate surface area is 223 Å². The quantitative estimate of drug-likeness (QED) is 0.152. The lowest BCUT2D eigenvalue weighted by molar-refractivity contribution is -0.149. The van der Waals surface area contributed by atoms with E-state index in [1.54, 1.807) is 6.20 Å². The largest absolute Gasteiger partial charge is 0.480 e. The smallest absolute Gasteiger partial charge is 0.326 e. The van der Waals surface area contributed by atoms with Crippen molar-refractivity contribution in [3.05, 3.63) is 36.0 Å². The van der Waals surface area contributed by atoms with Crippen molar-refractivity contribution >= 4 is 46.4 Å². The molecule has 10 N–H and O–H groups in total. The van der Waals surface area contributed by atoms with Crippen molar-refractivity contribution in [2.24, 2.45) is 17.2 Å². The van der Waals surface area contributed by atoms with E-state index in [-0.39, 0.29) is 32.2 Å². The van der Waals surface area contributed by atoms with Gasteiger partial charge in [0.1, 0.15) is 18.1 Å². The molecule has 210 valence electrons. The summed E-state index contributed by atoms with van der Waals surface area (Å²) in [6.45, 7) is 0.201. The van der Waals surface area contributed by atoms with E-state index in [1.807, 2.05) is 24.3 Å². The Morgan fingerprint density at radius 3 is 2.38 bits per heavy atom. The number of nitrogens with one attached hydrogen (secondary N) is 3. The maximum atomic E-state index is 13.6. The maximum Gasteiger partial charge on any atom is 0.326 e. The predicted molar refractivity (Wildman–Crippen MR) is 138 cm³/mol. The van der Waals surface area contributed by atoms with Gasteiger partial charge in [0.25, 0.3) is 0 Å². The number of likely N-dealkylation sites (tertiary alicyclic amines) is 1. The summed E-state index contributed by atoms with van der Waals surface area (Å²) in [6.07, 6.45) is 1.62. The first-order chi connectivity index (χ1) is 18.5. The van der Waals surface area contributed by atoms with Crippen LogP contribution in [0.4, 0.5) is 0 Å². The fraction of sp³-hybridized carbons (Fsp3) is 0.440. The molecule has 0 aliphatic carbocycles. The summed E-state index contributed by atoms with van der Waals surface area (Å²) < 4.78 is 0. The number of fused-ring (bicyclic) bond motifs is 1. The van der Waals surface area contributed by atoms with Crippen LogP contribution in [0.15, 0.2) is 30.5 Å². The number of carbonyl (C=O) groups is 6. The number of aromatic nitrogens is 1. The van der Waals surface area contributed by atoms with Crippen molar-refractivity contribution in [2.45, 2.75) is 62.7 Å². The van der Waals surface area contributed by atoms with Crippen molar-refractivity contribution in [1.82, 2.24) is 20.5 Å². The number of primary amides is 2. The Hall–Kier alpha value is -4.46. The number of hydrogen-bond donors (Lipinski definition) is 7. The number of benzene rings is 1. The molecular weight excluding hydrogens is 510 g/mol. The molecule has 4 unspecified atom stereocenters. The fourth-order valence-corrected chi connectivity index (χ4v) is 4.60. The van der Waals surface area contributed by atoms with Gasteiger partial charge in [-0.15, -0.1) is 0 Å². The van der Waals surface area contributed by atoms with E-state index in [2.05, 4.69) is 15.6 Å². The number of para-hydroxylation sites is 1. The summed E-state index contributed by atoms with van der Waals surface area (Å²) in [5.74, 6) is -5.02. The molecule has 0 saturated carbocycles. The lowest BCUT2D eigenvalue weighted by atomic mass is 10.0. The first-order valence-electron chi connectivity index (χ1n) is 12.5. The third kappa shape index (κ3) is 7.54. The number of amides is 5. The van der Waals surface area contributed by atoms with Crippen molar-refractivity contribution in [3.8, 4) is 0 Å². The molecule has 1 aliphatic heterocycles. The second kappa shape index (κ2) is 12.9. The van der Waals surface area contributed by atoms with E-state index in [4.69, 9.17) is 17.2 Å². The summed E-state index contributed by atoms with van der Waals surface area (Å²) in [6, 6.07) is 2.42. The number of aliphatic carboxylic acids is 1. The average Bonchev–Trinajstić information content (AvgIpc) is 3.53. The van der Waals surface area contributed by atoms with Crippen molar-refractivity contribution in [3.63, 3.8) is 0 Å². The zero-order valence-corrected chi connectivity index (χ0v) is 21.2. The second-order valence-electron chi connectivity index (χ2n) is 9.50. The normalized spacial score (nSPS) is 17.3. The monoisotopic (exact) mass is 543 g/mol. The van der Waals surface area contributed by atoms with Crippen molar-refractivity contribution in [1.29, 1.82) is 0 Å². The van der Waals surface area contributed by atoms with E-state index in [1.165, 1.54) is 4.90 Å². The zero-order chi connectivity index (χ0) is 28.7. The average molecular weight is 544 g/mol. The number of aromatic amines is 1. The van der Waals surface area contributed by atoms with Gasteiger partial charge in [-0.2, -0.15) is 0 Å². The molecule has 14 nitrogen and oxygen atoms in total. The summed E-state index contributed by atoms with van der Waals surface area (Å²) in [7, 11) is 0. The van der Waals surface area contributed by atoms with Gasteiger partial charge in [0.15, 0.2) is 0 Å². The Morgan fingerprint density at radius 1 is 1.03 bits per heavy atom. The van der Waals surface area contributed by atoms with E-state index >= 15 is 0 Å². The van der Waals surface area contributed by atoms with Crippen LogP contribution in [0.3, 0.4) is 0 Å². The van der Waals surface area contributed by atoms with Crippen LogP contribution in [0.25, 0.3) is 10.9 Å². The molecule has 1 saturated heterocycles. The van der Waals surface area contributed by atoms with Gasteiger partial charge in [0, 0.05) is 36.5 Å². The molecule has 1 aromatic heterocycles. The summed E-state index contributed by atoms with van der Waals surface area (Å²) >= 11 is 0. The number of H-pyrrole nitrogens is 1. The molecule has 1 aromatic carbocycles. The fourth-order valence-electron chi connectivity index (χ4n) is 4.60. The van der Waals surface area contributed by atoms with Gasteiger partial charge in [-0.05, 0) is 30.9 Å². The minimum atomic E-state index is -1.47. The van der Waals surface area contributed by atoms with E-state index in [0.717, 1.165) is 10.9 Å². The number of hydrogen-bond acceptors (Lipinski definition) is 7. The Balaban J connectivity index is 1.85. The van der Waals surface area contributed by atoms with Gasteiger partial charge in [-0.25, -0.2) is 4.79 Å². The minimum absolute atomic E-state index is 0.00674. The van der Waals surface area contributed by atoms with Crippen LogP contribution in [0.1, 0.15) is 37.7 Å². The molecule has 0 radical (unpaired) electrons. The molecule has 4 atom stereocenters. The Kier molecular flexibility index (Phi) is 9.60. The van der Waals surface area contributed by atoms with Crippen LogP contribution in [-0.4, -0.2) is 81.2 Å². The SMILES string of the molecule is NC(=O)CCC(N)C(=O)NC(CC(N)=O)C(=O)NC(Cc1c[nH]c2ccccc12)C(=O)N1CCCC1C(=O)O. The summed E-state index contributed by atoms with van der Waals surface area (Å²) in [5, 5.41) is 15.3. The molecule has 1 aliphatic rings. The predicted octanol–water partition coefficient (Wildman–Crippen LogP) is -1.78. The van der Waals surface area contributed by atoms with Crippen LogP contribution in [0.5, 0.6) is 0 Å². The first kappa shape index (κ1) is 29.1. The second-order valence-corrected chi connectivity index (χ2v) is 9.50. The van der Waals surface area contributed by atoms with Gasteiger partial charge in [0.05, 0.1) is 12.5 Å². The van der Waals surface area contributed by atoms with Gasteiger partial charge in [0.2, 0.25) is 29.5 Å². The van der Waals surface area contributed by atoms with Crippen LogP contribution < -0.4 is 27.8 Å². The Bertz CT molecular complexity index is 1260. The number of nitrogens with two attached hydrogens (primary N) is 3. The third-order valence-corrected chi connectivity index (χ3v) is 6.61. The highest BCUT2D eigenvalue weighted by Gasteiger charge is 2.39. The zero-order valence-electron chi connectivity index (χ0n) is 21.2. The molecule has 39 heavy (non-hydrogen) atoms. The Morgan fingerprint density at radius 2 is 1.72 bits per heavy atom. The summed E-state index contributed by atoms with van der Waals surface area (Å²) in [5.41, 5.74) is 17.6. The van der Waals surface area contributed by atoms with Crippen LogP contribution >= 0.6 is 0 Å². The molecule has 0 bridgehead atoms. The van der Waals surface area contributed by atoms with Gasteiger partial charge in [-0.3, -0.25) is 24.0 Å². The lowest BCUT2D eigenvalue weighted by Crippen LogP contribution is -2.58. The van der Waals surface area contributed by atoms with Crippen molar-refractivity contribution in [2.75, 3.05) is 6.54 Å². The number of rotatable bonds is 13. The molecule has 5 amide bonds. The topological polar surface area (TPSA) is 244 Å². The summed E-state index contributed by atoms with van der Waals surface area (Å²) in [4.78, 5) is 78.1. The highest BCUT2D eigenvalue weighted by Crippen LogP contribution is 2.23. The van der Waals surface area contributed by atoms with Crippen LogP contribution in [0.2, 0.25) is 0 Å². The molecular formula is C25H33N7O7. The number of nitrogens with zero attached hydrogens (tertiary/aromatic N) is 1. The van der Waals surface area contributed by atoms with Crippen molar-refractivity contribution < 1.29 is 33.9 Å². The molecule has 0 spiro atoms. The van der Waals surface area contributed by atoms with E-state index < -0.39 is 66.1 Å². The molecule has 2 aromatic rings. The molecule has 1 fully saturated rings. The van der Waals surface area contributed by atoms with E-state index in [0.29, 0.717) is 12.0 Å². The van der Waals surface area contributed by atoms with Gasteiger partial charge >= 0.3 is 5.97 Å². The highest BCUT2D eigenvalue weighted by atomic mass is 16.4. The third-order valence-electron chi connectivity index (χ3n) is 6.61. The number of carbonyl (C=O) groups excluding carboxylic acids is 5. The van der Waals surface area contributed by atoms with Gasteiger partial charge < -0.3 is 42.8 Å². The maximum absolute atomic E-state index is 13.6. The van der Waals surface area contributed by atoms with E-state index in [9.17, 15) is 33.9 Å². The number of carboxylic acid groups (broad SMARTS) is 1. The molecule has 14 heteroatoms. The number of carboxylic acids is 1. The molecule has 3 rings (SSSR count).